The largest absolute Gasteiger partial charge is 0.383 e. The van der Waals surface area contributed by atoms with Crippen LogP contribution in [0.1, 0.15) is 35.5 Å². The van der Waals surface area contributed by atoms with E-state index in [-0.39, 0.29) is 23.5 Å². The predicted octanol–water partition coefficient (Wildman–Crippen LogP) is 3.20. The summed E-state index contributed by atoms with van der Waals surface area (Å²) < 4.78 is 1.67. The predicted molar refractivity (Wildman–Crippen MR) is 121 cm³/mol. The summed E-state index contributed by atoms with van der Waals surface area (Å²) in [6, 6.07) is 12.8. The molecule has 0 fully saturated rings. The Bertz CT molecular complexity index is 1260. The van der Waals surface area contributed by atoms with Crippen LogP contribution in [-0.4, -0.2) is 37.0 Å². The van der Waals surface area contributed by atoms with Crippen LogP contribution < -0.4 is 16.4 Å². The highest BCUT2D eigenvalue weighted by atomic mass is 16.1. The Balaban J connectivity index is 1.66. The molecule has 0 aliphatic rings. The average Bonchev–Trinajstić information content (AvgIpc) is 3.17. The molecule has 0 saturated carbocycles. The van der Waals surface area contributed by atoms with E-state index in [4.69, 9.17) is 11.1 Å². The van der Waals surface area contributed by atoms with Gasteiger partial charge in [0.1, 0.15) is 29.3 Å². The van der Waals surface area contributed by atoms with Crippen molar-refractivity contribution in [3.63, 3.8) is 0 Å². The first kappa shape index (κ1) is 20.0. The topological polar surface area (TPSA) is 134 Å². The van der Waals surface area contributed by atoms with Crippen molar-refractivity contribution in [2.75, 3.05) is 16.4 Å². The van der Waals surface area contributed by atoms with Crippen LogP contribution in [0.25, 0.3) is 5.65 Å². The van der Waals surface area contributed by atoms with Crippen molar-refractivity contribution in [3.05, 3.63) is 78.0 Å². The fraction of sp³-hybridized carbons (Fsp3) is 0.136. The summed E-state index contributed by atoms with van der Waals surface area (Å²) in [5.74, 6) is 0.443. The van der Waals surface area contributed by atoms with Gasteiger partial charge < -0.3 is 16.4 Å². The highest BCUT2D eigenvalue weighted by molar-refractivity contribution is 6.16. The number of nitrogens with one attached hydrogen (secondary N) is 3. The minimum atomic E-state index is -0.273. The summed E-state index contributed by atoms with van der Waals surface area (Å²) in [5, 5.41) is 14.7. The molecule has 0 aliphatic carbocycles. The third kappa shape index (κ3) is 4.06. The van der Waals surface area contributed by atoms with Crippen molar-refractivity contribution in [1.82, 2.24) is 19.4 Å². The molecular weight excluding hydrogens is 392 g/mol. The van der Waals surface area contributed by atoms with Gasteiger partial charge in [-0.25, -0.2) is 15.0 Å². The minimum absolute atomic E-state index is 0.112. The Morgan fingerprint density at radius 3 is 2.65 bits per heavy atom. The number of hydrogen-bond acceptors (Lipinski definition) is 7. The number of fused-ring (bicyclic) bond motifs is 1. The second-order valence-corrected chi connectivity index (χ2v) is 7.26. The van der Waals surface area contributed by atoms with Crippen LogP contribution in [0.5, 0.6) is 0 Å². The van der Waals surface area contributed by atoms with Crippen molar-refractivity contribution >= 4 is 34.6 Å². The number of anilines is 3. The number of pyridine rings is 1. The summed E-state index contributed by atoms with van der Waals surface area (Å²) in [5.41, 5.74) is 8.86. The molecule has 5 N–H and O–H groups in total. The zero-order chi connectivity index (χ0) is 22.0. The lowest BCUT2D eigenvalue weighted by Crippen LogP contribution is -2.18. The first-order chi connectivity index (χ1) is 14.9. The molecule has 9 heteroatoms. The molecular formula is C22H22N8O. The number of carbonyl (C=O) groups is 1. The van der Waals surface area contributed by atoms with E-state index in [0.29, 0.717) is 34.0 Å². The van der Waals surface area contributed by atoms with Gasteiger partial charge in [0.15, 0.2) is 0 Å². The van der Waals surface area contributed by atoms with E-state index in [1.54, 1.807) is 22.7 Å². The van der Waals surface area contributed by atoms with E-state index in [2.05, 4.69) is 25.6 Å². The van der Waals surface area contributed by atoms with E-state index >= 15 is 0 Å². The third-order valence-electron chi connectivity index (χ3n) is 4.62. The second-order valence-electron chi connectivity index (χ2n) is 7.26. The van der Waals surface area contributed by atoms with Crippen molar-refractivity contribution in [2.24, 2.45) is 0 Å². The van der Waals surface area contributed by atoms with E-state index in [1.165, 1.54) is 12.5 Å². The summed E-state index contributed by atoms with van der Waals surface area (Å²) >= 11 is 0. The van der Waals surface area contributed by atoms with Gasteiger partial charge >= 0.3 is 0 Å². The summed E-state index contributed by atoms with van der Waals surface area (Å²) in [6.45, 7) is 3.95. The minimum Gasteiger partial charge on any atom is -0.383 e. The van der Waals surface area contributed by atoms with Crippen molar-refractivity contribution in [2.45, 2.75) is 19.9 Å². The maximum atomic E-state index is 12.7. The Kier molecular flexibility index (Phi) is 5.31. The lowest BCUT2D eigenvalue weighted by molar-refractivity contribution is 0.102. The number of rotatable bonds is 6. The smallest absolute Gasteiger partial charge is 0.274 e. The fourth-order valence-electron chi connectivity index (χ4n) is 3.19. The number of nitrogens with zero attached hydrogens (tertiary/aromatic N) is 4. The number of nitrogens with two attached hydrogens (primary N) is 1. The SMILES string of the molecule is CC(C)Nc1ncnc(N)c1C(=N)c1ccn2c(C(=O)Nc3ccccc3)cnc2c1. The first-order valence-electron chi connectivity index (χ1n) is 9.74. The summed E-state index contributed by atoms with van der Waals surface area (Å²) in [4.78, 5) is 25.3. The molecule has 1 aromatic carbocycles. The quantitative estimate of drug-likeness (QED) is 0.358. The van der Waals surface area contributed by atoms with Crippen LogP contribution in [0, 0.1) is 5.41 Å². The van der Waals surface area contributed by atoms with Crippen molar-refractivity contribution in [1.29, 1.82) is 5.41 Å². The molecule has 156 valence electrons. The number of carbonyl (C=O) groups excluding carboxylic acids is 1. The first-order valence-corrected chi connectivity index (χ1v) is 9.74. The highest BCUT2D eigenvalue weighted by Gasteiger charge is 2.19. The van der Waals surface area contributed by atoms with Crippen molar-refractivity contribution in [3.8, 4) is 0 Å². The fourth-order valence-corrected chi connectivity index (χ4v) is 3.19. The van der Waals surface area contributed by atoms with E-state index in [1.807, 2.05) is 44.2 Å². The zero-order valence-corrected chi connectivity index (χ0v) is 17.1. The molecule has 0 radical (unpaired) electrons. The molecule has 1 amide bonds. The molecule has 0 bridgehead atoms. The third-order valence-corrected chi connectivity index (χ3v) is 4.62. The van der Waals surface area contributed by atoms with Gasteiger partial charge in [-0.3, -0.25) is 14.6 Å². The Labute approximate surface area is 178 Å². The lowest BCUT2D eigenvalue weighted by atomic mass is 10.0. The number of imidazole rings is 1. The number of nitrogen functional groups attached to an aromatic ring is 1. The molecule has 3 heterocycles. The van der Waals surface area contributed by atoms with E-state index in [9.17, 15) is 4.79 Å². The molecule has 0 atom stereocenters. The van der Waals surface area contributed by atoms with Crippen molar-refractivity contribution < 1.29 is 4.79 Å². The summed E-state index contributed by atoms with van der Waals surface area (Å²) in [6.07, 6.45) is 4.58. The monoisotopic (exact) mass is 414 g/mol. The van der Waals surface area contributed by atoms with Gasteiger partial charge in [-0.2, -0.15) is 0 Å². The highest BCUT2D eigenvalue weighted by Crippen LogP contribution is 2.23. The Morgan fingerprint density at radius 1 is 1.13 bits per heavy atom. The Hall–Kier alpha value is -4.27. The van der Waals surface area contributed by atoms with Crippen LogP contribution in [0.3, 0.4) is 0 Å². The molecule has 9 nitrogen and oxygen atoms in total. The lowest BCUT2D eigenvalue weighted by Gasteiger charge is -2.15. The standard InChI is InChI=1S/C22H22N8O/c1-13(2)28-21-18(20(24)26-12-27-21)19(23)14-8-9-30-16(11-25-17(30)10-14)22(31)29-15-6-4-3-5-7-15/h3-13,23H,1-2H3,(H,29,31)(H3,24,26,27,28). The van der Waals surface area contributed by atoms with E-state index < -0.39 is 0 Å². The number of amides is 1. The maximum absolute atomic E-state index is 12.7. The number of hydrogen-bond donors (Lipinski definition) is 4. The molecule has 0 aliphatic heterocycles. The van der Waals surface area contributed by atoms with Gasteiger partial charge in [0.2, 0.25) is 0 Å². The number of aromatic nitrogens is 4. The van der Waals surface area contributed by atoms with E-state index in [0.717, 1.165) is 0 Å². The van der Waals surface area contributed by atoms with Gasteiger partial charge in [-0.1, -0.05) is 18.2 Å². The number of para-hydroxylation sites is 1. The van der Waals surface area contributed by atoms with Crippen LogP contribution in [0.2, 0.25) is 0 Å². The molecule has 0 saturated heterocycles. The molecule has 4 aromatic rings. The molecule has 3 aromatic heterocycles. The van der Waals surface area contributed by atoms with Gasteiger partial charge in [-0.15, -0.1) is 0 Å². The van der Waals surface area contributed by atoms with Gasteiger partial charge in [-0.05, 0) is 38.1 Å². The average molecular weight is 414 g/mol. The van der Waals surface area contributed by atoms with Crippen LogP contribution in [-0.2, 0) is 0 Å². The second kappa shape index (κ2) is 8.23. The van der Waals surface area contributed by atoms with Gasteiger partial charge in [0.05, 0.1) is 17.5 Å². The van der Waals surface area contributed by atoms with Crippen LogP contribution in [0.4, 0.5) is 17.3 Å². The van der Waals surface area contributed by atoms with Crippen LogP contribution in [0.15, 0.2) is 61.2 Å². The number of benzene rings is 1. The zero-order valence-electron chi connectivity index (χ0n) is 17.1. The van der Waals surface area contributed by atoms with Gasteiger partial charge in [0, 0.05) is 23.5 Å². The Morgan fingerprint density at radius 2 is 1.90 bits per heavy atom. The van der Waals surface area contributed by atoms with Gasteiger partial charge in [0.25, 0.3) is 5.91 Å². The van der Waals surface area contributed by atoms with Crippen LogP contribution >= 0.6 is 0 Å². The normalized spacial score (nSPS) is 10.9. The molecule has 0 unspecified atom stereocenters. The molecule has 0 spiro atoms. The molecule has 31 heavy (non-hydrogen) atoms. The summed E-state index contributed by atoms with van der Waals surface area (Å²) in [7, 11) is 0. The maximum Gasteiger partial charge on any atom is 0.274 e. The molecule has 4 rings (SSSR count).